The van der Waals surface area contributed by atoms with Crippen LogP contribution in [0, 0.1) is 0 Å². The standard InChI is InChI=1S/C16H14N2O2/c1-18-14(11-7-3-2-4-8-11)15(19)17-13-10-6-5-9-12(13)16(18)20/h2-10,14H,1H3,(H,17,19)/t14-/m0/s1. The lowest BCUT2D eigenvalue weighted by molar-refractivity contribution is -0.120. The van der Waals surface area contributed by atoms with Crippen LogP contribution in [0.4, 0.5) is 5.69 Å². The molecule has 20 heavy (non-hydrogen) atoms. The number of benzene rings is 2. The summed E-state index contributed by atoms with van der Waals surface area (Å²) in [7, 11) is 1.65. The summed E-state index contributed by atoms with van der Waals surface area (Å²) in [5.74, 6) is -0.357. The van der Waals surface area contributed by atoms with Crippen LogP contribution in [0.3, 0.4) is 0 Å². The molecule has 4 heteroatoms. The maximum atomic E-state index is 12.5. The van der Waals surface area contributed by atoms with Gasteiger partial charge in [-0.05, 0) is 17.7 Å². The SMILES string of the molecule is CN1C(=O)c2ccccc2NC(=O)[C@@H]1c1ccccc1. The molecule has 100 valence electrons. The van der Waals surface area contributed by atoms with Gasteiger partial charge in [-0.2, -0.15) is 0 Å². The molecule has 1 heterocycles. The van der Waals surface area contributed by atoms with Crippen molar-refractivity contribution in [3.05, 3.63) is 65.7 Å². The predicted molar refractivity (Wildman–Crippen MR) is 76.3 cm³/mol. The van der Waals surface area contributed by atoms with Crippen molar-refractivity contribution in [1.29, 1.82) is 0 Å². The number of likely N-dealkylation sites (N-methyl/N-ethyl adjacent to an activating group) is 1. The number of nitrogens with one attached hydrogen (secondary N) is 1. The van der Waals surface area contributed by atoms with Crippen molar-refractivity contribution in [2.75, 3.05) is 12.4 Å². The van der Waals surface area contributed by atoms with Gasteiger partial charge in [0.1, 0.15) is 6.04 Å². The number of carbonyl (C=O) groups is 2. The largest absolute Gasteiger partial charge is 0.325 e. The molecule has 0 saturated carbocycles. The Morgan fingerprint density at radius 3 is 2.35 bits per heavy atom. The summed E-state index contributed by atoms with van der Waals surface area (Å²) in [6.07, 6.45) is 0. The molecule has 2 aromatic rings. The van der Waals surface area contributed by atoms with Gasteiger partial charge < -0.3 is 10.2 Å². The molecule has 0 radical (unpaired) electrons. The van der Waals surface area contributed by atoms with E-state index in [2.05, 4.69) is 5.32 Å². The minimum atomic E-state index is -0.615. The highest BCUT2D eigenvalue weighted by Crippen LogP contribution is 2.29. The molecule has 2 aromatic carbocycles. The number of hydrogen-bond donors (Lipinski definition) is 1. The molecule has 4 nitrogen and oxygen atoms in total. The van der Waals surface area contributed by atoms with Gasteiger partial charge >= 0.3 is 0 Å². The lowest BCUT2D eigenvalue weighted by Gasteiger charge is -2.24. The van der Waals surface area contributed by atoms with E-state index in [4.69, 9.17) is 0 Å². The Labute approximate surface area is 117 Å². The molecule has 3 rings (SSSR count). The Hall–Kier alpha value is -2.62. The predicted octanol–water partition coefficient (Wildman–Crippen LogP) is 2.45. The second-order valence-electron chi connectivity index (χ2n) is 4.76. The van der Waals surface area contributed by atoms with E-state index in [9.17, 15) is 9.59 Å². The smallest absolute Gasteiger partial charge is 0.256 e. The third-order valence-corrected chi connectivity index (χ3v) is 3.49. The van der Waals surface area contributed by atoms with Crippen molar-refractivity contribution in [1.82, 2.24) is 4.90 Å². The minimum Gasteiger partial charge on any atom is -0.325 e. The third-order valence-electron chi connectivity index (χ3n) is 3.49. The highest BCUT2D eigenvalue weighted by molar-refractivity contribution is 6.09. The summed E-state index contributed by atoms with van der Waals surface area (Å²) in [6, 6.07) is 15.7. The zero-order valence-corrected chi connectivity index (χ0v) is 11.0. The Morgan fingerprint density at radius 2 is 1.60 bits per heavy atom. The van der Waals surface area contributed by atoms with Gasteiger partial charge in [-0.1, -0.05) is 42.5 Å². The molecular weight excluding hydrogens is 252 g/mol. The molecule has 0 spiro atoms. The first-order chi connectivity index (χ1) is 9.68. The fourth-order valence-electron chi connectivity index (χ4n) is 2.47. The van der Waals surface area contributed by atoms with Gasteiger partial charge in [-0.3, -0.25) is 9.59 Å². The number of anilines is 1. The topological polar surface area (TPSA) is 49.4 Å². The Morgan fingerprint density at radius 1 is 0.950 bits per heavy atom. The quantitative estimate of drug-likeness (QED) is 0.862. The molecule has 0 bridgehead atoms. The monoisotopic (exact) mass is 266 g/mol. The number of rotatable bonds is 1. The summed E-state index contributed by atoms with van der Waals surface area (Å²) in [4.78, 5) is 26.4. The van der Waals surface area contributed by atoms with Crippen molar-refractivity contribution in [3.63, 3.8) is 0 Å². The highest BCUT2D eigenvalue weighted by Gasteiger charge is 2.33. The Balaban J connectivity index is 2.08. The van der Waals surface area contributed by atoms with Crippen LogP contribution < -0.4 is 5.32 Å². The van der Waals surface area contributed by atoms with Crippen LogP contribution in [0.15, 0.2) is 54.6 Å². The first-order valence-electron chi connectivity index (χ1n) is 6.40. The van der Waals surface area contributed by atoms with Crippen molar-refractivity contribution < 1.29 is 9.59 Å². The van der Waals surface area contributed by atoms with E-state index < -0.39 is 6.04 Å². The first kappa shape index (κ1) is 12.4. The zero-order chi connectivity index (χ0) is 14.1. The van der Waals surface area contributed by atoms with E-state index in [-0.39, 0.29) is 11.8 Å². The number of amides is 2. The lowest BCUT2D eigenvalue weighted by atomic mass is 10.1. The molecule has 1 aliphatic rings. The lowest BCUT2D eigenvalue weighted by Crippen LogP contribution is -2.35. The van der Waals surface area contributed by atoms with Crippen LogP contribution in [0.2, 0.25) is 0 Å². The Kier molecular flexibility index (Phi) is 2.99. The normalized spacial score (nSPS) is 18.2. The summed E-state index contributed by atoms with van der Waals surface area (Å²) < 4.78 is 0. The van der Waals surface area contributed by atoms with Crippen molar-refractivity contribution in [3.8, 4) is 0 Å². The number of nitrogens with zero attached hydrogens (tertiary/aromatic N) is 1. The molecule has 1 atom stereocenters. The summed E-state index contributed by atoms with van der Waals surface area (Å²) in [6.45, 7) is 0. The van der Waals surface area contributed by atoms with Gasteiger partial charge in [0.25, 0.3) is 11.8 Å². The van der Waals surface area contributed by atoms with Gasteiger partial charge in [0.2, 0.25) is 0 Å². The second kappa shape index (κ2) is 4.81. The fraction of sp³-hybridized carbons (Fsp3) is 0.125. The van der Waals surface area contributed by atoms with E-state index in [1.807, 2.05) is 30.3 Å². The molecule has 0 saturated heterocycles. The number of carbonyl (C=O) groups excluding carboxylic acids is 2. The van der Waals surface area contributed by atoms with Crippen molar-refractivity contribution in [2.24, 2.45) is 0 Å². The van der Waals surface area contributed by atoms with Crippen LogP contribution in [0.1, 0.15) is 22.0 Å². The molecule has 0 fully saturated rings. The van der Waals surface area contributed by atoms with Crippen LogP contribution in [-0.2, 0) is 4.79 Å². The summed E-state index contributed by atoms with van der Waals surface area (Å²) in [5.41, 5.74) is 1.88. The molecular formula is C16H14N2O2. The maximum Gasteiger partial charge on any atom is 0.256 e. The average Bonchev–Trinajstić information content (AvgIpc) is 2.56. The van der Waals surface area contributed by atoms with Gasteiger partial charge in [0, 0.05) is 7.05 Å². The van der Waals surface area contributed by atoms with Crippen molar-refractivity contribution >= 4 is 17.5 Å². The molecule has 0 unspecified atom stereocenters. The molecule has 0 aromatic heterocycles. The van der Waals surface area contributed by atoms with Gasteiger partial charge in [-0.25, -0.2) is 0 Å². The van der Waals surface area contributed by atoms with E-state index in [1.165, 1.54) is 4.90 Å². The molecule has 0 aliphatic carbocycles. The first-order valence-corrected chi connectivity index (χ1v) is 6.40. The number of para-hydroxylation sites is 1. The summed E-state index contributed by atoms with van der Waals surface area (Å²) in [5, 5.41) is 2.83. The van der Waals surface area contributed by atoms with E-state index in [0.29, 0.717) is 11.3 Å². The van der Waals surface area contributed by atoms with Gasteiger partial charge in [-0.15, -0.1) is 0 Å². The van der Waals surface area contributed by atoms with Gasteiger partial charge in [0.15, 0.2) is 0 Å². The fourth-order valence-corrected chi connectivity index (χ4v) is 2.47. The molecule has 1 aliphatic heterocycles. The minimum absolute atomic E-state index is 0.159. The van der Waals surface area contributed by atoms with E-state index in [1.54, 1.807) is 31.3 Å². The van der Waals surface area contributed by atoms with Gasteiger partial charge in [0.05, 0.1) is 11.3 Å². The maximum absolute atomic E-state index is 12.5. The average molecular weight is 266 g/mol. The second-order valence-corrected chi connectivity index (χ2v) is 4.76. The van der Waals surface area contributed by atoms with E-state index in [0.717, 1.165) is 5.56 Å². The van der Waals surface area contributed by atoms with Crippen molar-refractivity contribution in [2.45, 2.75) is 6.04 Å². The van der Waals surface area contributed by atoms with E-state index >= 15 is 0 Å². The van der Waals surface area contributed by atoms with Crippen LogP contribution in [0.25, 0.3) is 0 Å². The number of fused-ring (bicyclic) bond motifs is 1. The summed E-state index contributed by atoms with van der Waals surface area (Å²) >= 11 is 0. The number of hydrogen-bond acceptors (Lipinski definition) is 2. The molecule has 2 amide bonds. The van der Waals surface area contributed by atoms with Crippen LogP contribution in [0.5, 0.6) is 0 Å². The molecule has 1 N–H and O–H groups in total. The Bertz CT molecular complexity index is 667. The third kappa shape index (κ3) is 1.95. The zero-order valence-electron chi connectivity index (χ0n) is 11.0. The van der Waals surface area contributed by atoms with Crippen LogP contribution >= 0.6 is 0 Å². The highest BCUT2D eigenvalue weighted by atomic mass is 16.2. The van der Waals surface area contributed by atoms with Crippen LogP contribution in [-0.4, -0.2) is 23.8 Å².